The SMILES string of the molecule is CCN(Cc1cccs1)c1cc(C(C)NC)ccn1. The maximum Gasteiger partial charge on any atom is 0.129 e. The lowest BCUT2D eigenvalue weighted by atomic mass is 10.1. The van der Waals surface area contributed by atoms with Gasteiger partial charge in [0.25, 0.3) is 0 Å². The molecule has 4 heteroatoms. The topological polar surface area (TPSA) is 28.2 Å². The van der Waals surface area contributed by atoms with Gasteiger partial charge in [0.05, 0.1) is 6.54 Å². The molecule has 0 amide bonds. The summed E-state index contributed by atoms with van der Waals surface area (Å²) in [5, 5.41) is 5.39. The summed E-state index contributed by atoms with van der Waals surface area (Å²) in [5.41, 5.74) is 1.28. The highest BCUT2D eigenvalue weighted by molar-refractivity contribution is 7.09. The number of nitrogens with zero attached hydrogens (tertiary/aromatic N) is 2. The van der Waals surface area contributed by atoms with Gasteiger partial charge in [-0.3, -0.25) is 0 Å². The van der Waals surface area contributed by atoms with Crippen LogP contribution in [0.1, 0.15) is 30.3 Å². The third-order valence-electron chi connectivity index (χ3n) is 3.34. The minimum atomic E-state index is 0.349. The molecule has 2 rings (SSSR count). The molecule has 0 radical (unpaired) electrons. The standard InChI is InChI=1S/C15H21N3S/c1-4-18(11-14-6-5-9-19-14)15-10-13(7-8-17-15)12(2)16-3/h5-10,12,16H,4,11H2,1-3H3. The van der Waals surface area contributed by atoms with Gasteiger partial charge in [0.2, 0.25) is 0 Å². The Morgan fingerprint density at radius 1 is 1.42 bits per heavy atom. The van der Waals surface area contributed by atoms with Crippen molar-refractivity contribution < 1.29 is 0 Å². The van der Waals surface area contributed by atoms with Gasteiger partial charge in [0.15, 0.2) is 0 Å². The summed E-state index contributed by atoms with van der Waals surface area (Å²) in [6.07, 6.45) is 1.90. The molecule has 2 heterocycles. The fourth-order valence-electron chi connectivity index (χ4n) is 1.99. The average Bonchev–Trinajstić information content (AvgIpc) is 2.97. The van der Waals surface area contributed by atoms with Gasteiger partial charge in [-0.1, -0.05) is 6.07 Å². The summed E-state index contributed by atoms with van der Waals surface area (Å²) >= 11 is 1.79. The maximum absolute atomic E-state index is 4.51. The Kier molecular flexibility index (Phi) is 4.93. The molecule has 0 aliphatic rings. The first-order valence-corrected chi connectivity index (χ1v) is 7.53. The molecule has 0 saturated carbocycles. The largest absolute Gasteiger partial charge is 0.352 e. The van der Waals surface area contributed by atoms with Crippen LogP contribution in [-0.4, -0.2) is 18.6 Å². The molecule has 1 atom stereocenters. The smallest absolute Gasteiger partial charge is 0.129 e. The van der Waals surface area contributed by atoms with Crippen molar-refractivity contribution in [1.29, 1.82) is 0 Å². The number of hydrogen-bond acceptors (Lipinski definition) is 4. The monoisotopic (exact) mass is 275 g/mol. The van der Waals surface area contributed by atoms with E-state index in [1.807, 2.05) is 13.2 Å². The molecule has 1 unspecified atom stereocenters. The van der Waals surface area contributed by atoms with Crippen LogP contribution in [0, 0.1) is 0 Å². The molecule has 0 spiro atoms. The molecule has 0 saturated heterocycles. The predicted octanol–water partition coefficient (Wildman–Crippen LogP) is 3.45. The molecule has 19 heavy (non-hydrogen) atoms. The molecule has 102 valence electrons. The van der Waals surface area contributed by atoms with Gasteiger partial charge in [-0.05, 0) is 50.0 Å². The van der Waals surface area contributed by atoms with Crippen molar-refractivity contribution in [2.24, 2.45) is 0 Å². The van der Waals surface area contributed by atoms with Crippen LogP contribution in [0.3, 0.4) is 0 Å². The van der Waals surface area contributed by atoms with Crippen LogP contribution in [0.4, 0.5) is 5.82 Å². The third-order valence-corrected chi connectivity index (χ3v) is 4.20. The minimum Gasteiger partial charge on any atom is -0.352 e. The average molecular weight is 275 g/mol. The lowest BCUT2D eigenvalue weighted by Gasteiger charge is -2.22. The molecule has 0 aliphatic heterocycles. The van der Waals surface area contributed by atoms with Crippen molar-refractivity contribution in [2.75, 3.05) is 18.5 Å². The Morgan fingerprint density at radius 2 is 2.26 bits per heavy atom. The van der Waals surface area contributed by atoms with E-state index in [9.17, 15) is 0 Å². The molecule has 2 aromatic heterocycles. The summed E-state index contributed by atoms with van der Waals surface area (Å²) in [6, 6.07) is 8.87. The van der Waals surface area contributed by atoms with E-state index < -0.39 is 0 Å². The third kappa shape index (κ3) is 3.55. The number of nitrogens with one attached hydrogen (secondary N) is 1. The van der Waals surface area contributed by atoms with Gasteiger partial charge in [0, 0.05) is 23.7 Å². The highest BCUT2D eigenvalue weighted by Gasteiger charge is 2.10. The Labute approximate surface area is 119 Å². The van der Waals surface area contributed by atoms with E-state index in [2.05, 4.69) is 58.7 Å². The van der Waals surface area contributed by atoms with Gasteiger partial charge < -0.3 is 10.2 Å². The van der Waals surface area contributed by atoms with Crippen LogP contribution in [0.5, 0.6) is 0 Å². The second-order valence-electron chi connectivity index (χ2n) is 4.55. The normalized spacial score (nSPS) is 12.4. The maximum atomic E-state index is 4.51. The molecule has 0 bridgehead atoms. The number of pyridine rings is 1. The van der Waals surface area contributed by atoms with Crippen molar-refractivity contribution in [3.63, 3.8) is 0 Å². The molecule has 2 aromatic rings. The van der Waals surface area contributed by atoms with Gasteiger partial charge in [-0.15, -0.1) is 11.3 Å². The van der Waals surface area contributed by atoms with E-state index in [4.69, 9.17) is 0 Å². The lowest BCUT2D eigenvalue weighted by molar-refractivity contribution is 0.650. The van der Waals surface area contributed by atoms with Crippen LogP contribution in [0.2, 0.25) is 0 Å². The molecule has 0 aliphatic carbocycles. The van der Waals surface area contributed by atoms with Crippen molar-refractivity contribution in [3.8, 4) is 0 Å². The number of anilines is 1. The molecule has 3 nitrogen and oxygen atoms in total. The number of rotatable bonds is 6. The van der Waals surface area contributed by atoms with Crippen molar-refractivity contribution in [1.82, 2.24) is 10.3 Å². The summed E-state index contributed by atoms with van der Waals surface area (Å²) in [4.78, 5) is 8.18. The van der Waals surface area contributed by atoms with Crippen LogP contribution in [0.15, 0.2) is 35.8 Å². The molecular formula is C15H21N3S. The van der Waals surface area contributed by atoms with Gasteiger partial charge in [-0.25, -0.2) is 4.98 Å². The highest BCUT2D eigenvalue weighted by atomic mass is 32.1. The van der Waals surface area contributed by atoms with Crippen molar-refractivity contribution >= 4 is 17.2 Å². The van der Waals surface area contributed by atoms with Gasteiger partial charge in [-0.2, -0.15) is 0 Å². The van der Waals surface area contributed by atoms with Gasteiger partial charge in [0.1, 0.15) is 5.82 Å². The van der Waals surface area contributed by atoms with E-state index >= 15 is 0 Å². The molecule has 1 N–H and O–H groups in total. The van der Waals surface area contributed by atoms with Crippen LogP contribution >= 0.6 is 11.3 Å². The van der Waals surface area contributed by atoms with E-state index in [0.717, 1.165) is 18.9 Å². The summed E-state index contributed by atoms with van der Waals surface area (Å²) in [6.45, 7) is 6.22. The van der Waals surface area contributed by atoms with Crippen molar-refractivity contribution in [3.05, 3.63) is 46.3 Å². The summed E-state index contributed by atoms with van der Waals surface area (Å²) < 4.78 is 0. The fraction of sp³-hybridized carbons (Fsp3) is 0.400. The quantitative estimate of drug-likeness (QED) is 0.875. The van der Waals surface area contributed by atoms with E-state index in [1.165, 1.54) is 10.4 Å². The van der Waals surface area contributed by atoms with Crippen LogP contribution in [-0.2, 0) is 6.54 Å². The van der Waals surface area contributed by atoms with E-state index in [0.29, 0.717) is 6.04 Å². The fourth-order valence-corrected chi connectivity index (χ4v) is 2.71. The zero-order valence-corrected chi connectivity index (χ0v) is 12.6. The van der Waals surface area contributed by atoms with E-state index in [-0.39, 0.29) is 0 Å². The Morgan fingerprint density at radius 3 is 2.89 bits per heavy atom. The highest BCUT2D eigenvalue weighted by Crippen LogP contribution is 2.21. The first kappa shape index (κ1) is 14.0. The second kappa shape index (κ2) is 6.68. The zero-order valence-electron chi connectivity index (χ0n) is 11.8. The first-order chi connectivity index (χ1) is 9.24. The molecule has 0 fully saturated rings. The predicted molar refractivity (Wildman–Crippen MR) is 82.8 cm³/mol. The van der Waals surface area contributed by atoms with Gasteiger partial charge >= 0.3 is 0 Å². The number of aromatic nitrogens is 1. The van der Waals surface area contributed by atoms with Crippen LogP contribution in [0.25, 0.3) is 0 Å². The number of hydrogen-bond donors (Lipinski definition) is 1. The first-order valence-electron chi connectivity index (χ1n) is 6.65. The Bertz CT molecular complexity index is 496. The Balaban J connectivity index is 2.18. The molecule has 0 aromatic carbocycles. The summed E-state index contributed by atoms with van der Waals surface area (Å²) in [5.74, 6) is 1.05. The Hall–Kier alpha value is -1.39. The lowest BCUT2D eigenvalue weighted by Crippen LogP contribution is -2.23. The second-order valence-corrected chi connectivity index (χ2v) is 5.58. The van der Waals surface area contributed by atoms with Crippen LogP contribution < -0.4 is 10.2 Å². The van der Waals surface area contributed by atoms with E-state index in [1.54, 1.807) is 11.3 Å². The zero-order chi connectivity index (χ0) is 13.7. The van der Waals surface area contributed by atoms with Crippen molar-refractivity contribution in [2.45, 2.75) is 26.4 Å². The summed E-state index contributed by atoms with van der Waals surface area (Å²) in [7, 11) is 1.98. The number of thiophene rings is 1. The molecular weight excluding hydrogens is 254 g/mol. The minimum absolute atomic E-state index is 0.349.